The number of aliphatic hydroxyl groups is 1. The van der Waals surface area contributed by atoms with Gasteiger partial charge < -0.3 is 20.9 Å². The Morgan fingerprint density at radius 2 is 1.83 bits per heavy atom. The second-order valence-corrected chi connectivity index (χ2v) is 8.17. The first kappa shape index (κ1) is 25.7. The lowest BCUT2D eigenvalue weighted by Crippen LogP contribution is -2.46. The molecule has 0 amide bonds. The monoisotopic (exact) mass is 440 g/mol. The molecule has 4 nitrogen and oxygen atoms in total. The fourth-order valence-electron chi connectivity index (χ4n) is 3.74. The summed E-state index contributed by atoms with van der Waals surface area (Å²) in [7, 11) is 0. The number of fused-ring (bicyclic) bond motifs is 1. The SMILES string of the molecule is CCc1ccc2c(c1)[C@@H](NC[C@H](O)[C@H](N)Cc1ccccc1)CC(C)(C)O2.Cl.Cl. The zero-order valence-electron chi connectivity index (χ0n) is 17.4. The number of benzene rings is 2. The minimum absolute atomic E-state index is 0. The van der Waals surface area contributed by atoms with Gasteiger partial charge in [0.15, 0.2) is 0 Å². The zero-order valence-corrected chi connectivity index (χ0v) is 19.1. The number of aryl methyl sites for hydroxylation is 1. The second kappa shape index (κ2) is 11.2. The summed E-state index contributed by atoms with van der Waals surface area (Å²) in [6.45, 7) is 6.83. The molecule has 2 aromatic rings. The van der Waals surface area contributed by atoms with Crippen LogP contribution in [0.5, 0.6) is 5.75 Å². The maximum Gasteiger partial charge on any atom is 0.124 e. The average molecular weight is 441 g/mol. The Hall–Kier alpha value is -1.30. The number of halogens is 2. The Morgan fingerprint density at radius 3 is 2.48 bits per heavy atom. The molecule has 0 fully saturated rings. The maximum absolute atomic E-state index is 10.6. The standard InChI is InChI=1S/C23H32N2O2.2ClH/c1-4-16-10-11-22-18(12-16)20(14-23(2,3)27-22)25-15-21(26)19(24)13-17-8-6-5-7-9-17;;/h5-12,19-21,25-26H,4,13-15,24H2,1-3H3;2*1H/t19-,20+,21+;;/m1../s1. The van der Waals surface area contributed by atoms with Crippen molar-refractivity contribution in [3.63, 3.8) is 0 Å². The van der Waals surface area contributed by atoms with Crippen LogP contribution >= 0.6 is 24.8 Å². The molecule has 3 atom stereocenters. The molecule has 0 radical (unpaired) electrons. The number of hydrogen-bond acceptors (Lipinski definition) is 4. The fourth-order valence-corrected chi connectivity index (χ4v) is 3.74. The van der Waals surface area contributed by atoms with Crippen LogP contribution in [-0.2, 0) is 12.8 Å². The van der Waals surface area contributed by atoms with Crippen molar-refractivity contribution in [2.75, 3.05) is 6.54 Å². The summed E-state index contributed by atoms with van der Waals surface area (Å²) in [4.78, 5) is 0. The van der Waals surface area contributed by atoms with Crippen LogP contribution in [0.4, 0.5) is 0 Å². The molecule has 6 heteroatoms. The minimum Gasteiger partial charge on any atom is -0.487 e. The highest BCUT2D eigenvalue weighted by atomic mass is 35.5. The number of aliphatic hydroxyl groups excluding tert-OH is 1. The largest absolute Gasteiger partial charge is 0.487 e. The molecule has 4 N–H and O–H groups in total. The van der Waals surface area contributed by atoms with Crippen LogP contribution < -0.4 is 15.8 Å². The van der Waals surface area contributed by atoms with Crippen LogP contribution in [0.25, 0.3) is 0 Å². The Bertz CT molecular complexity index is 756. The molecule has 1 heterocycles. The Kier molecular flexibility index (Phi) is 9.93. The van der Waals surface area contributed by atoms with Gasteiger partial charge >= 0.3 is 0 Å². The Labute approximate surface area is 187 Å². The topological polar surface area (TPSA) is 67.5 Å². The zero-order chi connectivity index (χ0) is 19.4. The molecule has 0 aliphatic carbocycles. The van der Waals surface area contributed by atoms with E-state index in [0.29, 0.717) is 13.0 Å². The molecule has 0 saturated carbocycles. The van der Waals surface area contributed by atoms with Gasteiger partial charge in [-0.1, -0.05) is 49.4 Å². The van der Waals surface area contributed by atoms with E-state index in [2.05, 4.69) is 44.3 Å². The summed E-state index contributed by atoms with van der Waals surface area (Å²) >= 11 is 0. The van der Waals surface area contributed by atoms with E-state index in [-0.39, 0.29) is 42.5 Å². The van der Waals surface area contributed by atoms with Crippen molar-refractivity contribution in [1.29, 1.82) is 0 Å². The van der Waals surface area contributed by atoms with E-state index in [1.807, 2.05) is 30.3 Å². The molecule has 162 valence electrons. The van der Waals surface area contributed by atoms with Crippen LogP contribution in [0, 0.1) is 0 Å². The minimum atomic E-state index is -0.603. The quantitative estimate of drug-likeness (QED) is 0.602. The summed E-state index contributed by atoms with van der Waals surface area (Å²) < 4.78 is 6.16. The molecule has 1 aliphatic heterocycles. The highest BCUT2D eigenvalue weighted by Crippen LogP contribution is 2.40. The van der Waals surface area contributed by atoms with Gasteiger partial charge in [-0.05, 0) is 43.9 Å². The summed E-state index contributed by atoms with van der Waals surface area (Å²) in [5.41, 5.74) is 9.63. The normalized spacial score (nSPS) is 19.0. The van der Waals surface area contributed by atoms with E-state index >= 15 is 0 Å². The van der Waals surface area contributed by atoms with Crippen molar-refractivity contribution in [3.8, 4) is 5.75 Å². The lowest BCUT2D eigenvalue weighted by atomic mass is 9.88. The van der Waals surface area contributed by atoms with Gasteiger partial charge in [-0.15, -0.1) is 24.8 Å². The molecular formula is C23H34Cl2N2O2. The number of nitrogens with one attached hydrogen (secondary N) is 1. The Morgan fingerprint density at radius 1 is 1.14 bits per heavy atom. The number of rotatable bonds is 7. The number of hydrogen-bond donors (Lipinski definition) is 3. The van der Waals surface area contributed by atoms with E-state index in [9.17, 15) is 5.11 Å². The van der Waals surface area contributed by atoms with E-state index < -0.39 is 6.10 Å². The molecule has 0 bridgehead atoms. The van der Waals surface area contributed by atoms with Crippen molar-refractivity contribution >= 4 is 24.8 Å². The van der Waals surface area contributed by atoms with Crippen molar-refractivity contribution in [3.05, 3.63) is 65.2 Å². The average Bonchev–Trinajstić information content (AvgIpc) is 2.65. The van der Waals surface area contributed by atoms with Gasteiger partial charge in [-0.2, -0.15) is 0 Å². The number of nitrogens with two attached hydrogens (primary N) is 1. The van der Waals surface area contributed by atoms with Crippen LogP contribution in [0.2, 0.25) is 0 Å². The third kappa shape index (κ3) is 6.87. The van der Waals surface area contributed by atoms with Gasteiger partial charge in [0.1, 0.15) is 11.4 Å². The third-order valence-corrected chi connectivity index (χ3v) is 5.32. The lowest BCUT2D eigenvalue weighted by Gasteiger charge is -2.38. The first-order valence-electron chi connectivity index (χ1n) is 9.91. The predicted octanol–water partition coefficient (Wildman–Crippen LogP) is 4.22. The Balaban J connectivity index is 0.00000210. The first-order chi connectivity index (χ1) is 12.9. The van der Waals surface area contributed by atoms with Crippen molar-refractivity contribution in [2.45, 2.75) is 63.8 Å². The summed E-state index contributed by atoms with van der Waals surface area (Å²) in [5.74, 6) is 0.934. The van der Waals surface area contributed by atoms with Gasteiger partial charge in [0, 0.05) is 30.6 Å². The van der Waals surface area contributed by atoms with E-state index in [1.54, 1.807) is 0 Å². The third-order valence-electron chi connectivity index (χ3n) is 5.32. The summed E-state index contributed by atoms with van der Waals surface area (Å²) in [5, 5.41) is 14.1. The molecule has 1 aliphatic rings. The van der Waals surface area contributed by atoms with Crippen LogP contribution in [0.1, 0.15) is 49.9 Å². The molecule has 29 heavy (non-hydrogen) atoms. The highest BCUT2D eigenvalue weighted by molar-refractivity contribution is 5.85. The molecule has 0 unspecified atom stereocenters. The van der Waals surface area contributed by atoms with Crippen molar-refractivity contribution in [1.82, 2.24) is 5.32 Å². The van der Waals surface area contributed by atoms with Gasteiger partial charge in [0.2, 0.25) is 0 Å². The van der Waals surface area contributed by atoms with Crippen LogP contribution in [0.15, 0.2) is 48.5 Å². The van der Waals surface area contributed by atoms with Gasteiger partial charge in [0.05, 0.1) is 6.10 Å². The van der Waals surface area contributed by atoms with Gasteiger partial charge in [-0.25, -0.2) is 0 Å². The van der Waals surface area contributed by atoms with Crippen LogP contribution in [-0.4, -0.2) is 29.4 Å². The molecule has 0 aromatic heterocycles. The molecule has 3 rings (SSSR count). The second-order valence-electron chi connectivity index (χ2n) is 8.17. The molecule has 2 aromatic carbocycles. The van der Waals surface area contributed by atoms with E-state index in [1.165, 1.54) is 11.1 Å². The lowest BCUT2D eigenvalue weighted by molar-refractivity contribution is 0.0604. The van der Waals surface area contributed by atoms with E-state index in [4.69, 9.17) is 10.5 Å². The van der Waals surface area contributed by atoms with Crippen molar-refractivity contribution in [2.24, 2.45) is 5.73 Å². The maximum atomic E-state index is 10.6. The summed E-state index contributed by atoms with van der Waals surface area (Å²) in [6, 6.07) is 16.3. The smallest absolute Gasteiger partial charge is 0.124 e. The van der Waals surface area contributed by atoms with Gasteiger partial charge in [-0.3, -0.25) is 0 Å². The molecule has 0 saturated heterocycles. The first-order valence-corrected chi connectivity index (χ1v) is 9.91. The number of ether oxygens (including phenoxy) is 1. The van der Waals surface area contributed by atoms with Gasteiger partial charge in [0.25, 0.3) is 0 Å². The van der Waals surface area contributed by atoms with Crippen LogP contribution in [0.3, 0.4) is 0 Å². The fraction of sp³-hybridized carbons (Fsp3) is 0.478. The molecule has 0 spiro atoms. The summed E-state index contributed by atoms with van der Waals surface area (Å²) in [6.07, 6.45) is 1.91. The highest BCUT2D eigenvalue weighted by Gasteiger charge is 2.34. The van der Waals surface area contributed by atoms with E-state index in [0.717, 1.165) is 24.2 Å². The van der Waals surface area contributed by atoms with Crippen molar-refractivity contribution < 1.29 is 9.84 Å². The molecular weight excluding hydrogens is 407 g/mol. The predicted molar refractivity (Wildman–Crippen MR) is 125 cm³/mol.